The summed E-state index contributed by atoms with van der Waals surface area (Å²) in [5.74, 6) is -0.0879. The van der Waals surface area contributed by atoms with E-state index in [9.17, 15) is 9.90 Å². The fraction of sp³-hybridized carbons (Fsp3) is 0.500. The second-order valence-electron chi connectivity index (χ2n) is 7.46. The number of para-hydroxylation sites is 1. The number of fused-ring (bicyclic) bond motifs is 1. The van der Waals surface area contributed by atoms with Crippen molar-refractivity contribution in [3.05, 3.63) is 46.8 Å². The highest BCUT2D eigenvalue weighted by molar-refractivity contribution is 5.94. The molecule has 5 nitrogen and oxygen atoms in total. The van der Waals surface area contributed by atoms with Crippen LogP contribution in [0.2, 0.25) is 0 Å². The quantitative estimate of drug-likeness (QED) is 0.910. The van der Waals surface area contributed by atoms with Crippen LogP contribution in [0.4, 0.5) is 0 Å². The minimum atomic E-state index is -0.923. The van der Waals surface area contributed by atoms with E-state index in [1.54, 1.807) is 18.7 Å². The van der Waals surface area contributed by atoms with E-state index in [0.717, 1.165) is 41.8 Å². The van der Waals surface area contributed by atoms with E-state index < -0.39 is 5.60 Å². The van der Waals surface area contributed by atoms with E-state index >= 15 is 0 Å². The van der Waals surface area contributed by atoms with Crippen molar-refractivity contribution in [1.82, 2.24) is 14.7 Å². The van der Waals surface area contributed by atoms with Gasteiger partial charge in [-0.25, -0.2) is 4.68 Å². The molecule has 0 unspecified atom stereocenters. The zero-order valence-electron chi connectivity index (χ0n) is 15.5. The predicted octanol–water partition coefficient (Wildman–Crippen LogP) is 2.90. The Morgan fingerprint density at radius 1 is 1.32 bits per heavy atom. The van der Waals surface area contributed by atoms with Gasteiger partial charge in [-0.2, -0.15) is 5.10 Å². The molecule has 1 aliphatic carbocycles. The highest BCUT2D eigenvalue weighted by Gasteiger charge is 2.31. The summed E-state index contributed by atoms with van der Waals surface area (Å²) in [6, 6.07) is 8.12. The molecular formula is C20H27N3O2. The van der Waals surface area contributed by atoms with Gasteiger partial charge in [0.05, 0.1) is 11.3 Å². The number of rotatable bonds is 5. The number of carbonyl (C=O) groups is 1. The molecule has 5 heteroatoms. The van der Waals surface area contributed by atoms with Crippen LogP contribution in [0, 0.1) is 6.92 Å². The van der Waals surface area contributed by atoms with Gasteiger partial charge in [0.15, 0.2) is 5.69 Å². The van der Waals surface area contributed by atoms with Gasteiger partial charge in [-0.3, -0.25) is 4.79 Å². The summed E-state index contributed by atoms with van der Waals surface area (Å²) >= 11 is 0. The normalized spacial score (nSPS) is 13.8. The lowest BCUT2D eigenvalue weighted by Gasteiger charge is -2.27. The summed E-state index contributed by atoms with van der Waals surface area (Å²) < 4.78 is 1.95. The Hall–Kier alpha value is -2.14. The molecule has 25 heavy (non-hydrogen) atoms. The number of benzene rings is 1. The van der Waals surface area contributed by atoms with Crippen LogP contribution in [0.25, 0.3) is 5.69 Å². The Bertz CT molecular complexity index is 787. The maximum Gasteiger partial charge on any atom is 0.274 e. The highest BCUT2D eigenvalue weighted by Crippen LogP contribution is 2.29. The van der Waals surface area contributed by atoms with Crippen LogP contribution in [0.5, 0.6) is 0 Å². The van der Waals surface area contributed by atoms with Crippen LogP contribution in [0.1, 0.15) is 54.5 Å². The van der Waals surface area contributed by atoms with Crippen molar-refractivity contribution in [3.63, 3.8) is 0 Å². The molecule has 1 amide bonds. The SMILES string of the molecule is CCN(CC(C)(C)O)C(=O)c1nn(-c2ccccc2C)c2c1CCC2. The van der Waals surface area contributed by atoms with E-state index in [4.69, 9.17) is 5.10 Å². The predicted molar refractivity (Wildman–Crippen MR) is 98.2 cm³/mol. The minimum Gasteiger partial charge on any atom is -0.389 e. The van der Waals surface area contributed by atoms with Crippen LogP contribution in [0.3, 0.4) is 0 Å². The Balaban J connectivity index is 2.02. The topological polar surface area (TPSA) is 58.4 Å². The number of amides is 1. The molecule has 0 radical (unpaired) electrons. The highest BCUT2D eigenvalue weighted by atomic mass is 16.3. The number of aromatic nitrogens is 2. The van der Waals surface area contributed by atoms with Crippen molar-refractivity contribution in [2.24, 2.45) is 0 Å². The zero-order chi connectivity index (χ0) is 18.2. The summed E-state index contributed by atoms with van der Waals surface area (Å²) in [4.78, 5) is 14.8. The lowest BCUT2D eigenvalue weighted by Crippen LogP contribution is -2.42. The van der Waals surface area contributed by atoms with Gasteiger partial charge in [0.25, 0.3) is 5.91 Å². The number of carbonyl (C=O) groups excluding carboxylic acids is 1. The zero-order valence-corrected chi connectivity index (χ0v) is 15.5. The fourth-order valence-electron chi connectivity index (χ4n) is 3.55. The number of hydrogen-bond acceptors (Lipinski definition) is 3. The van der Waals surface area contributed by atoms with Gasteiger partial charge < -0.3 is 10.0 Å². The molecule has 3 rings (SSSR count). The Labute approximate surface area is 149 Å². The second-order valence-corrected chi connectivity index (χ2v) is 7.46. The molecular weight excluding hydrogens is 314 g/mol. The third-order valence-electron chi connectivity index (χ3n) is 4.72. The van der Waals surface area contributed by atoms with Crippen LogP contribution in [0.15, 0.2) is 24.3 Å². The van der Waals surface area contributed by atoms with Gasteiger partial charge in [0, 0.05) is 24.3 Å². The van der Waals surface area contributed by atoms with Crippen molar-refractivity contribution >= 4 is 5.91 Å². The van der Waals surface area contributed by atoms with E-state index in [1.165, 1.54) is 0 Å². The van der Waals surface area contributed by atoms with Crippen molar-refractivity contribution in [2.45, 2.75) is 52.6 Å². The largest absolute Gasteiger partial charge is 0.389 e. The van der Waals surface area contributed by atoms with Gasteiger partial charge >= 0.3 is 0 Å². The molecule has 1 aliphatic rings. The summed E-state index contributed by atoms with van der Waals surface area (Å²) in [6.07, 6.45) is 2.89. The Kier molecular flexibility index (Phi) is 4.69. The lowest BCUT2D eigenvalue weighted by molar-refractivity contribution is 0.0311. The van der Waals surface area contributed by atoms with E-state index in [0.29, 0.717) is 18.8 Å². The lowest BCUT2D eigenvalue weighted by atomic mass is 10.1. The van der Waals surface area contributed by atoms with Crippen LogP contribution in [-0.4, -0.2) is 44.4 Å². The average Bonchev–Trinajstić information content (AvgIpc) is 3.14. The molecule has 1 N–H and O–H groups in total. The standard InChI is InChI=1S/C20H27N3O2/c1-5-22(13-20(3,4)25)19(24)18-15-10-8-12-17(15)23(21-18)16-11-7-6-9-14(16)2/h6-7,9,11,25H,5,8,10,12-13H2,1-4H3. The number of likely N-dealkylation sites (N-methyl/N-ethyl adjacent to an activating group) is 1. The first kappa shape index (κ1) is 17.7. The minimum absolute atomic E-state index is 0.0879. The molecule has 1 aromatic heterocycles. The summed E-state index contributed by atoms with van der Waals surface area (Å²) in [7, 11) is 0. The van der Waals surface area contributed by atoms with Crippen molar-refractivity contribution in [2.75, 3.05) is 13.1 Å². The third kappa shape index (κ3) is 3.47. The van der Waals surface area contributed by atoms with E-state index in [-0.39, 0.29) is 5.91 Å². The van der Waals surface area contributed by atoms with Crippen molar-refractivity contribution in [1.29, 1.82) is 0 Å². The molecule has 0 spiro atoms. The van der Waals surface area contributed by atoms with Gasteiger partial charge in [0.2, 0.25) is 0 Å². The summed E-state index contributed by atoms with van der Waals surface area (Å²) in [6.45, 7) is 8.29. The first-order valence-corrected chi connectivity index (χ1v) is 9.00. The van der Waals surface area contributed by atoms with Crippen LogP contribution in [-0.2, 0) is 12.8 Å². The smallest absolute Gasteiger partial charge is 0.274 e. The van der Waals surface area contributed by atoms with Crippen LogP contribution >= 0.6 is 0 Å². The molecule has 1 aromatic carbocycles. The molecule has 134 valence electrons. The Morgan fingerprint density at radius 2 is 2.04 bits per heavy atom. The molecule has 1 heterocycles. The third-order valence-corrected chi connectivity index (χ3v) is 4.72. The molecule has 0 fully saturated rings. The van der Waals surface area contributed by atoms with Crippen molar-refractivity contribution < 1.29 is 9.90 Å². The monoisotopic (exact) mass is 341 g/mol. The van der Waals surface area contributed by atoms with Gasteiger partial charge in [-0.1, -0.05) is 18.2 Å². The maximum atomic E-state index is 13.1. The van der Waals surface area contributed by atoms with Crippen molar-refractivity contribution in [3.8, 4) is 5.69 Å². The second kappa shape index (κ2) is 6.64. The van der Waals surface area contributed by atoms with E-state index in [1.807, 2.05) is 29.8 Å². The number of nitrogens with zero attached hydrogens (tertiary/aromatic N) is 3. The van der Waals surface area contributed by atoms with E-state index in [2.05, 4.69) is 13.0 Å². The molecule has 0 aliphatic heterocycles. The number of aryl methyl sites for hydroxylation is 1. The fourth-order valence-corrected chi connectivity index (χ4v) is 3.55. The molecule has 0 bridgehead atoms. The first-order chi connectivity index (χ1) is 11.8. The molecule has 2 aromatic rings. The maximum absolute atomic E-state index is 13.1. The van der Waals surface area contributed by atoms with Gasteiger partial charge in [-0.05, 0) is 58.6 Å². The van der Waals surface area contributed by atoms with Gasteiger partial charge in [0.1, 0.15) is 0 Å². The number of hydrogen-bond donors (Lipinski definition) is 1. The molecule has 0 saturated carbocycles. The molecule has 0 saturated heterocycles. The van der Waals surface area contributed by atoms with Crippen LogP contribution < -0.4 is 0 Å². The summed E-state index contributed by atoms with van der Waals surface area (Å²) in [5, 5.41) is 14.8. The van der Waals surface area contributed by atoms with Gasteiger partial charge in [-0.15, -0.1) is 0 Å². The number of aliphatic hydroxyl groups is 1. The summed E-state index contributed by atoms with van der Waals surface area (Å²) in [5.41, 5.74) is 4.02. The molecule has 0 atom stereocenters. The average molecular weight is 341 g/mol. The first-order valence-electron chi connectivity index (χ1n) is 9.00. The Morgan fingerprint density at radius 3 is 2.68 bits per heavy atom.